The Hall–Kier alpha value is -1.09. The number of rotatable bonds is 3. The maximum Gasteiger partial charge on any atom is 0.126 e. The van der Waals surface area contributed by atoms with Gasteiger partial charge in [-0.1, -0.05) is 34.1 Å². The Morgan fingerprint density at radius 3 is 2.39 bits per heavy atom. The first-order chi connectivity index (χ1) is 8.50. The first kappa shape index (κ1) is 13.3. The second-order valence-corrected chi connectivity index (χ2v) is 5.62. The number of hydrogen-bond donors (Lipinski definition) is 0. The summed E-state index contributed by atoms with van der Waals surface area (Å²) in [5, 5.41) is 0. The number of hydrogen-bond acceptors (Lipinski definition) is 1. The van der Waals surface area contributed by atoms with Gasteiger partial charge in [-0.25, -0.2) is 4.39 Å². The van der Waals surface area contributed by atoms with Crippen LogP contribution in [0, 0.1) is 26.6 Å². The molecule has 1 aromatic carbocycles. The van der Waals surface area contributed by atoms with Gasteiger partial charge in [0.25, 0.3) is 0 Å². The maximum absolute atomic E-state index is 13.6. The lowest BCUT2D eigenvalue weighted by atomic mass is 10.0. The summed E-state index contributed by atoms with van der Waals surface area (Å²) in [5.74, 6) is 1.68. The lowest BCUT2D eigenvalue weighted by molar-refractivity contribution is 0.499. The molecule has 1 heterocycles. The largest absolute Gasteiger partial charge is 0.466 e. The standard InChI is InChI=1S/C15H16BrFO/c1-9-10(2)18-11(3)15(9)13(16)8-12-6-4-5-7-14(12)17/h4-7,13H,8H2,1-3H3. The van der Waals surface area contributed by atoms with Crippen molar-refractivity contribution in [3.05, 3.63) is 58.3 Å². The molecule has 0 saturated carbocycles. The van der Waals surface area contributed by atoms with Crippen LogP contribution in [0.5, 0.6) is 0 Å². The van der Waals surface area contributed by atoms with Crippen molar-refractivity contribution in [2.45, 2.75) is 32.0 Å². The molecule has 2 rings (SSSR count). The van der Waals surface area contributed by atoms with Gasteiger partial charge in [-0.15, -0.1) is 0 Å². The first-order valence-electron chi connectivity index (χ1n) is 5.94. The van der Waals surface area contributed by atoms with Crippen LogP contribution >= 0.6 is 15.9 Å². The summed E-state index contributed by atoms with van der Waals surface area (Å²) in [4.78, 5) is 0.0758. The third-order valence-corrected chi connectivity index (χ3v) is 4.07. The molecule has 0 spiro atoms. The van der Waals surface area contributed by atoms with E-state index in [-0.39, 0.29) is 10.6 Å². The highest BCUT2D eigenvalue weighted by molar-refractivity contribution is 9.09. The Balaban J connectivity index is 2.28. The summed E-state index contributed by atoms with van der Waals surface area (Å²) in [7, 11) is 0. The molecular formula is C15H16BrFO. The van der Waals surface area contributed by atoms with Crippen molar-refractivity contribution in [2.24, 2.45) is 0 Å². The average Bonchev–Trinajstić information content (AvgIpc) is 2.56. The zero-order valence-corrected chi connectivity index (χ0v) is 12.3. The highest BCUT2D eigenvalue weighted by Gasteiger charge is 2.20. The van der Waals surface area contributed by atoms with E-state index in [9.17, 15) is 4.39 Å². The molecule has 0 fully saturated rings. The lowest BCUT2D eigenvalue weighted by Gasteiger charge is -2.11. The molecule has 1 unspecified atom stereocenters. The SMILES string of the molecule is Cc1oc(C)c(C(Br)Cc2ccccc2F)c1C. The van der Waals surface area contributed by atoms with Crippen molar-refractivity contribution in [3.63, 3.8) is 0 Å². The average molecular weight is 311 g/mol. The molecule has 0 aliphatic carbocycles. The van der Waals surface area contributed by atoms with Crippen LogP contribution in [0.3, 0.4) is 0 Å². The van der Waals surface area contributed by atoms with Crippen molar-refractivity contribution in [3.8, 4) is 0 Å². The van der Waals surface area contributed by atoms with Gasteiger partial charge in [-0.2, -0.15) is 0 Å². The molecule has 0 aliphatic rings. The van der Waals surface area contributed by atoms with E-state index in [0.29, 0.717) is 6.42 Å². The smallest absolute Gasteiger partial charge is 0.126 e. The molecule has 1 aromatic heterocycles. The highest BCUT2D eigenvalue weighted by Crippen LogP contribution is 2.35. The monoisotopic (exact) mass is 310 g/mol. The van der Waals surface area contributed by atoms with E-state index in [0.717, 1.165) is 28.2 Å². The van der Waals surface area contributed by atoms with Gasteiger partial charge in [0.1, 0.15) is 17.3 Å². The molecule has 0 amide bonds. The number of benzene rings is 1. The molecule has 3 heteroatoms. The Labute approximate surface area is 115 Å². The molecule has 0 N–H and O–H groups in total. The number of alkyl halides is 1. The quantitative estimate of drug-likeness (QED) is 0.725. The van der Waals surface area contributed by atoms with E-state index >= 15 is 0 Å². The molecule has 1 atom stereocenters. The van der Waals surface area contributed by atoms with Crippen molar-refractivity contribution in [1.29, 1.82) is 0 Å². The molecule has 0 saturated heterocycles. The summed E-state index contributed by atoms with van der Waals surface area (Å²) >= 11 is 3.65. The third-order valence-electron chi connectivity index (χ3n) is 3.29. The molecular weight excluding hydrogens is 295 g/mol. The molecule has 96 valence electrons. The zero-order chi connectivity index (χ0) is 13.3. The van der Waals surface area contributed by atoms with E-state index in [1.807, 2.05) is 32.9 Å². The molecule has 0 radical (unpaired) electrons. The van der Waals surface area contributed by atoms with Crippen LogP contribution in [0.15, 0.2) is 28.7 Å². The maximum atomic E-state index is 13.6. The minimum atomic E-state index is -0.155. The van der Waals surface area contributed by atoms with Gasteiger partial charge in [0, 0.05) is 10.4 Å². The number of furan rings is 1. The van der Waals surface area contributed by atoms with Crippen LogP contribution < -0.4 is 0 Å². The fourth-order valence-corrected chi connectivity index (χ4v) is 3.24. The van der Waals surface area contributed by atoms with Crippen LogP contribution in [-0.2, 0) is 6.42 Å². The zero-order valence-electron chi connectivity index (χ0n) is 10.8. The highest BCUT2D eigenvalue weighted by atomic mass is 79.9. The lowest BCUT2D eigenvalue weighted by Crippen LogP contribution is -2.00. The molecule has 0 bridgehead atoms. The van der Waals surface area contributed by atoms with E-state index < -0.39 is 0 Å². The molecule has 2 aromatic rings. The van der Waals surface area contributed by atoms with E-state index in [2.05, 4.69) is 15.9 Å². The Morgan fingerprint density at radius 2 is 1.83 bits per heavy atom. The Kier molecular flexibility index (Phi) is 3.91. The van der Waals surface area contributed by atoms with Crippen molar-refractivity contribution in [2.75, 3.05) is 0 Å². The van der Waals surface area contributed by atoms with Crippen molar-refractivity contribution >= 4 is 15.9 Å². The van der Waals surface area contributed by atoms with Gasteiger partial charge >= 0.3 is 0 Å². The predicted octanol–water partition coefficient (Wildman–Crippen LogP) is 5.02. The van der Waals surface area contributed by atoms with Crippen LogP contribution in [0.1, 0.15) is 33.0 Å². The third kappa shape index (κ3) is 2.51. The van der Waals surface area contributed by atoms with Crippen LogP contribution in [0.2, 0.25) is 0 Å². The first-order valence-corrected chi connectivity index (χ1v) is 6.86. The van der Waals surface area contributed by atoms with Crippen LogP contribution in [0.25, 0.3) is 0 Å². The summed E-state index contributed by atoms with van der Waals surface area (Å²) < 4.78 is 19.2. The number of aryl methyl sites for hydroxylation is 2. The summed E-state index contributed by atoms with van der Waals surface area (Å²) in [6.07, 6.45) is 0.618. The topological polar surface area (TPSA) is 13.1 Å². The summed E-state index contributed by atoms with van der Waals surface area (Å²) in [6.45, 7) is 5.94. The van der Waals surface area contributed by atoms with Crippen LogP contribution in [-0.4, -0.2) is 0 Å². The normalized spacial score (nSPS) is 12.7. The second-order valence-electron chi connectivity index (χ2n) is 4.52. The molecule has 1 nitrogen and oxygen atoms in total. The fraction of sp³-hybridized carbons (Fsp3) is 0.333. The van der Waals surface area contributed by atoms with Crippen molar-refractivity contribution < 1.29 is 8.81 Å². The van der Waals surface area contributed by atoms with E-state index in [4.69, 9.17) is 4.42 Å². The van der Waals surface area contributed by atoms with Gasteiger partial charge in [-0.3, -0.25) is 0 Å². The second kappa shape index (κ2) is 5.27. The Morgan fingerprint density at radius 1 is 1.17 bits per heavy atom. The summed E-state index contributed by atoms with van der Waals surface area (Å²) in [6, 6.07) is 6.88. The minimum absolute atomic E-state index is 0.0758. The summed E-state index contributed by atoms with van der Waals surface area (Å²) in [5.41, 5.74) is 3.00. The van der Waals surface area contributed by atoms with Gasteiger partial charge in [0.2, 0.25) is 0 Å². The van der Waals surface area contributed by atoms with E-state index in [1.54, 1.807) is 6.07 Å². The van der Waals surface area contributed by atoms with Crippen LogP contribution in [0.4, 0.5) is 4.39 Å². The van der Waals surface area contributed by atoms with Gasteiger partial charge in [0.05, 0.1) is 0 Å². The van der Waals surface area contributed by atoms with E-state index in [1.165, 1.54) is 6.07 Å². The van der Waals surface area contributed by atoms with Gasteiger partial charge in [0.15, 0.2) is 0 Å². The fourth-order valence-electron chi connectivity index (χ4n) is 2.23. The number of halogens is 2. The van der Waals surface area contributed by atoms with Crippen molar-refractivity contribution in [1.82, 2.24) is 0 Å². The van der Waals surface area contributed by atoms with Gasteiger partial charge < -0.3 is 4.42 Å². The molecule has 0 aliphatic heterocycles. The predicted molar refractivity (Wildman–Crippen MR) is 74.7 cm³/mol. The Bertz CT molecular complexity index is 560. The molecule has 18 heavy (non-hydrogen) atoms. The van der Waals surface area contributed by atoms with Gasteiger partial charge in [-0.05, 0) is 44.4 Å². The minimum Gasteiger partial charge on any atom is -0.466 e.